The van der Waals surface area contributed by atoms with Gasteiger partial charge in [0.2, 0.25) is 5.91 Å². The summed E-state index contributed by atoms with van der Waals surface area (Å²) >= 11 is 3.33. The number of carbonyl (C=O) groups excluding carboxylic acids is 2. The van der Waals surface area contributed by atoms with Gasteiger partial charge in [0.25, 0.3) is 5.91 Å². The van der Waals surface area contributed by atoms with Crippen LogP contribution in [0.2, 0.25) is 0 Å². The van der Waals surface area contributed by atoms with Crippen molar-refractivity contribution in [3.63, 3.8) is 0 Å². The summed E-state index contributed by atoms with van der Waals surface area (Å²) < 4.78 is 6.28. The van der Waals surface area contributed by atoms with Crippen LogP contribution in [0, 0.1) is 0 Å². The van der Waals surface area contributed by atoms with E-state index in [1.807, 2.05) is 12.1 Å². The van der Waals surface area contributed by atoms with Crippen LogP contribution in [-0.2, 0) is 9.59 Å². The fourth-order valence-electron chi connectivity index (χ4n) is 1.64. The zero-order valence-corrected chi connectivity index (χ0v) is 11.3. The van der Waals surface area contributed by atoms with Crippen LogP contribution in [0.25, 0.3) is 0 Å². The Morgan fingerprint density at radius 2 is 2.33 bits per heavy atom. The quantitative estimate of drug-likeness (QED) is 0.897. The summed E-state index contributed by atoms with van der Waals surface area (Å²) in [5, 5.41) is 2.67. The van der Waals surface area contributed by atoms with Gasteiger partial charge in [-0.05, 0) is 18.2 Å². The van der Waals surface area contributed by atoms with Gasteiger partial charge in [-0.1, -0.05) is 22.0 Å². The van der Waals surface area contributed by atoms with E-state index in [1.165, 1.54) is 4.90 Å². The second-order valence-corrected chi connectivity index (χ2v) is 4.83. The highest BCUT2D eigenvalue weighted by molar-refractivity contribution is 9.10. The highest BCUT2D eigenvalue weighted by atomic mass is 79.9. The number of carbonyl (C=O) groups is 2. The van der Waals surface area contributed by atoms with Crippen LogP contribution in [0.15, 0.2) is 28.7 Å². The molecule has 0 bridgehead atoms. The molecule has 0 aliphatic carbocycles. The molecule has 1 heterocycles. The number of hydrogen-bond donors (Lipinski definition) is 1. The molecule has 1 aromatic carbocycles. The van der Waals surface area contributed by atoms with Gasteiger partial charge in [-0.15, -0.1) is 0 Å². The molecule has 0 aromatic heterocycles. The van der Waals surface area contributed by atoms with Crippen molar-refractivity contribution in [2.75, 3.05) is 26.2 Å². The maximum absolute atomic E-state index is 11.8. The minimum absolute atomic E-state index is 0.0519. The fraction of sp³-hybridized carbons (Fsp3) is 0.333. The molecule has 18 heavy (non-hydrogen) atoms. The van der Waals surface area contributed by atoms with E-state index in [2.05, 4.69) is 21.2 Å². The number of ether oxygens (including phenoxy) is 1. The van der Waals surface area contributed by atoms with Gasteiger partial charge in [-0.3, -0.25) is 9.59 Å². The van der Waals surface area contributed by atoms with Crippen molar-refractivity contribution in [3.05, 3.63) is 28.7 Å². The van der Waals surface area contributed by atoms with Crippen molar-refractivity contribution >= 4 is 27.7 Å². The van der Waals surface area contributed by atoms with Gasteiger partial charge in [0.1, 0.15) is 5.75 Å². The van der Waals surface area contributed by atoms with Gasteiger partial charge in [0, 0.05) is 17.6 Å². The third kappa shape index (κ3) is 3.46. The smallest absolute Gasteiger partial charge is 0.261 e. The summed E-state index contributed by atoms with van der Waals surface area (Å²) in [4.78, 5) is 24.5. The van der Waals surface area contributed by atoms with Crippen LogP contribution in [0.1, 0.15) is 0 Å². The highest BCUT2D eigenvalue weighted by Gasteiger charge is 2.21. The highest BCUT2D eigenvalue weighted by Crippen LogP contribution is 2.17. The molecule has 1 fully saturated rings. The molecule has 0 unspecified atom stereocenters. The largest absolute Gasteiger partial charge is 0.484 e. The van der Waals surface area contributed by atoms with Gasteiger partial charge in [0.15, 0.2) is 6.61 Å². The summed E-state index contributed by atoms with van der Waals surface area (Å²) in [6, 6.07) is 7.28. The van der Waals surface area contributed by atoms with E-state index in [1.54, 1.807) is 12.1 Å². The first-order valence-corrected chi connectivity index (χ1v) is 6.37. The molecule has 1 saturated heterocycles. The lowest BCUT2D eigenvalue weighted by atomic mass is 10.3. The Kier molecular flexibility index (Phi) is 4.19. The minimum atomic E-state index is -0.176. The van der Waals surface area contributed by atoms with Crippen molar-refractivity contribution < 1.29 is 14.3 Å². The average Bonchev–Trinajstić information content (AvgIpc) is 2.36. The molecule has 0 spiro atoms. The lowest BCUT2D eigenvalue weighted by Gasteiger charge is -2.26. The maximum atomic E-state index is 11.8. The van der Waals surface area contributed by atoms with Gasteiger partial charge in [-0.25, -0.2) is 0 Å². The predicted molar refractivity (Wildman–Crippen MR) is 69.2 cm³/mol. The Morgan fingerprint density at radius 3 is 3.06 bits per heavy atom. The van der Waals surface area contributed by atoms with Gasteiger partial charge in [-0.2, -0.15) is 0 Å². The van der Waals surface area contributed by atoms with Crippen LogP contribution in [0.5, 0.6) is 5.75 Å². The van der Waals surface area contributed by atoms with E-state index in [-0.39, 0.29) is 25.0 Å². The molecule has 1 N–H and O–H groups in total. The van der Waals surface area contributed by atoms with Crippen LogP contribution >= 0.6 is 15.9 Å². The molecule has 2 rings (SSSR count). The van der Waals surface area contributed by atoms with Gasteiger partial charge < -0.3 is 15.0 Å². The molecule has 1 aliphatic rings. The lowest BCUT2D eigenvalue weighted by molar-refractivity contribution is -0.139. The van der Waals surface area contributed by atoms with E-state index in [4.69, 9.17) is 4.74 Å². The average molecular weight is 313 g/mol. The van der Waals surface area contributed by atoms with E-state index in [0.717, 1.165) is 4.47 Å². The van der Waals surface area contributed by atoms with Crippen molar-refractivity contribution in [3.8, 4) is 5.75 Å². The Morgan fingerprint density at radius 1 is 1.50 bits per heavy atom. The van der Waals surface area contributed by atoms with Crippen LogP contribution < -0.4 is 10.1 Å². The SMILES string of the molecule is O=C1CN(C(=O)COc2cccc(Br)c2)CCN1. The van der Waals surface area contributed by atoms with E-state index < -0.39 is 0 Å². The molecular formula is C12H13BrN2O3. The number of amides is 2. The molecule has 6 heteroatoms. The maximum Gasteiger partial charge on any atom is 0.261 e. The molecule has 96 valence electrons. The molecule has 2 amide bonds. The number of halogens is 1. The number of nitrogens with zero attached hydrogens (tertiary/aromatic N) is 1. The zero-order chi connectivity index (χ0) is 13.0. The van der Waals surface area contributed by atoms with Gasteiger partial charge >= 0.3 is 0 Å². The van der Waals surface area contributed by atoms with E-state index >= 15 is 0 Å². The minimum Gasteiger partial charge on any atom is -0.484 e. The van der Waals surface area contributed by atoms with Crippen molar-refractivity contribution in [1.29, 1.82) is 0 Å². The monoisotopic (exact) mass is 312 g/mol. The molecule has 1 aromatic rings. The third-order valence-electron chi connectivity index (χ3n) is 2.55. The number of nitrogens with one attached hydrogen (secondary N) is 1. The topological polar surface area (TPSA) is 58.6 Å². The summed E-state index contributed by atoms with van der Waals surface area (Å²) in [5.74, 6) is 0.320. The summed E-state index contributed by atoms with van der Waals surface area (Å²) in [7, 11) is 0. The molecule has 0 atom stereocenters. The first-order chi connectivity index (χ1) is 8.65. The Hall–Kier alpha value is -1.56. The van der Waals surface area contributed by atoms with Crippen molar-refractivity contribution in [2.45, 2.75) is 0 Å². The number of rotatable bonds is 3. The van der Waals surface area contributed by atoms with Crippen LogP contribution in [0.4, 0.5) is 0 Å². The summed E-state index contributed by atoms with van der Waals surface area (Å²) in [6.45, 7) is 1.10. The second-order valence-electron chi connectivity index (χ2n) is 3.91. The number of piperazine rings is 1. The second kappa shape index (κ2) is 5.86. The number of benzene rings is 1. The van der Waals surface area contributed by atoms with Crippen LogP contribution in [-0.4, -0.2) is 43.0 Å². The molecule has 5 nitrogen and oxygen atoms in total. The van der Waals surface area contributed by atoms with Crippen molar-refractivity contribution in [2.24, 2.45) is 0 Å². The molecule has 1 aliphatic heterocycles. The predicted octanol–water partition coefficient (Wildman–Crippen LogP) is 0.786. The summed E-state index contributed by atoms with van der Waals surface area (Å²) in [5.41, 5.74) is 0. The molecular weight excluding hydrogens is 300 g/mol. The lowest BCUT2D eigenvalue weighted by Crippen LogP contribution is -2.51. The Labute approximate surface area is 113 Å². The van der Waals surface area contributed by atoms with Gasteiger partial charge in [0.05, 0.1) is 6.54 Å². The summed E-state index contributed by atoms with van der Waals surface area (Å²) in [6.07, 6.45) is 0. The third-order valence-corrected chi connectivity index (χ3v) is 3.04. The normalized spacial score (nSPS) is 15.2. The molecule has 0 saturated carbocycles. The van der Waals surface area contributed by atoms with Crippen LogP contribution in [0.3, 0.4) is 0 Å². The zero-order valence-electron chi connectivity index (χ0n) is 9.69. The Bertz CT molecular complexity index is 464. The van der Waals surface area contributed by atoms with E-state index in [9.17, 15) is 9.59 Å². The first kappa shape index (κ1) is 12.9. The van der Waals surface area contributed by atoms with E-state index in [0.29, 0.717) is 18.8 Å². The van der Waals surface area contributed by atoms with Crippen molar-refractivity contribution in [1.82, 2.24) is 10.2 Å². The standard InChI is InChI=1S/C12H13BrN2O3/c13-9-2-1-3-10(6-9)18-8-12(17)15-5-4-14-11(16)7-15/h1-3,6H,4-5,7-8H2,(H,14,16). The first-order valence-electron chi connectivity index (χ1n) is 5.58. The molecule has 0 radical (unpaired) electrons. The fourth-order valence-corrected chi connectivity index (χ4v) is 2.02. The number of hydrogen-bond acceptors (Lipinski definition) is 3. The Balaban J connectivity index is 1.86.